The molecule has 24 heavy (non-hydrogen) atoms. The summed E-state index contributed by atoms with van der Waals surface area (Å²) in [5, 5.41) is 5.95. The Labute approximate surface area is 145 Å². The number of benzene rings is 1. The molecular weight excluding hydrogens is 316 g/mol. The van der Waals surface area contributed by atoms with E-state index in [1.54, 1.807) is 11.3 Å². The Morgan fingerprint density at radius 1 is 1.17 bits per heavy atom. The van der Waals surface area contributed by atoms with E-state index in [4.69, 9.17) is 10.8 Å². The third kappa shape index (κ3) is 1.98. The zero-order valence-corrected chi connectivity index (χ0v) is 14.7. The molecule has 2 aromatic heterocycles. The molecule has 2 aliphatic rings. The molecule has 1 aromatic carbocycles. The highest BCUT2D eigenvalue weighted by Crippen LogP contribution is 2.51. The molecular formula is C19H22N4S. The molecule has 0 bridgehead atoms. The Kier molecular flexibility index (Phi) is 3.06. The van der Waals surface area contributed by atoms with Crippen molar-refractivity contribution in [3.05, 3.63) is 53.2 Å². The lowest BCUT2D eigenvalue weighted by atomic mass is 9.73. The van der Waals surface area contributed by atoms with E-state index >= 15 is 0 Å². The molecule has 3 heterocycles. The quantitative estimate of drug-likeness (QED) is 0.738. The number of aryl methyl sites for hydroxylation is 1. The zero-order chi connectivity index (χ0) is 16.3. The van der Waals surface area contributed by atoms with Crippen molar-refractivity contribution >= 4 is 21.3 Å². The third-order valence-corrected chi connectivity index (χ3v) is 7.05. The first-order valence-electron chi connectivity index (χ1n) is 8.70. The SMILES string of the molecule is Cc1ccc2sc(N3CCC4(CC3)Cc3ccccc3[C@H]4N)nn12. The number of hydrogen-bond donors (Lipinski definition) is 1. The van der Waals surface area contributed by atoms with E-state index in [1.165, 1.54) is 21.7 Å². The Morgan fingerprint density at radius 2 is 1.96 bits per heavy atom. The maximum absolute atomic E-state index is 6.67. The fourth-order valence-electron chi connectivity index (χ4n) is 4.49. The van der Waals surface area contributed by atoms with Gasteiger partial charge < -0.3 is 10.6 Å². The Balaban J connectivity index is 1.38. The fourth-order valence-corrected chi connectivity index (χ4v) is 5.52. The van der Waals surface area contributed by atoms with Crippen molar-refractivity contribution in [3.8, 4) is 0 Å². The van der Waals surface area contributed by atoms with Gasteiger partial charge in [-0.1, -0.05) is 35.6 Å². The fraction of sp³-hybridized carbons (Fsp3) is 0.421. The lowest BCUT2D eigenvalue weighted by Gasteiger charge is -2.42. The summed E-state index contributed by atoms with van der Waals surface area (Å²) >= 11 is 1.79. The molecule has 0 saturated carbocycles. The average Bonchev–Trinajstić information content (AvgIpc) is 3.24. The first-order chi connectivity index (χ1) is 11.7. The number of anilines is 1. The summed E-state index contributed by atoms with van der Waals surface area (Å²) in [6.45, 7) is 4.21. The second-order valence-electron chi connectivity index (χ2n) is 7.31. The molecule has 0 amide bonds. The van der Waals surface area contributed by atoms with Crippen LogP contribution in [-0.4, -0.2) is 22.7 Å². The Bertz CT molecular complexity index is 901. The highest BCUT2D eigenvalue weighted by molar-refractivity contribution is 7.20. The van der Waals surface area contributed by atoms with E-state index in [0.29, 0.717) is 0 Å². The number of rotatable bonds is 1. The number of nitrogens with two attached hydrogens (primary N) is 1. The van der Waals surface area contributed by atoms with Gasteiger partial charge in [0.25, 0.3) is 0 Å². The summed E-state index contributed by atoms with van der Waals surface area (Å²) in [5.74, 6) is 0. The van der Waals surface area contributed by atoms with Gasteiger partial charge in [-0.3, -0.25) is 0 Å². The maximum atomic E-state index is 6.67. The van der Waals surface area contributed by atoms with Crippen LogP contribution in [-0.2, 0) is 6.42 Å². The van der Waals surface area contributed by atoms with Crippen LogP contribution in [0.1, 0.15) is 35.7 Å². The largest absolute Gasteiger partial charge is 0.347 e. The van der Waals surface area contributed by atoms with Gasteiger partial charge in [0.05, 0.1) is 0 Å². The molecule has 1 atom stereocenters. The maximum Gasteiger partial charge on any atom is 0.206 e. The monoisotopic (exact) mass is 338 g/mol. The molecule has 1 spiro atoms. The van der Waals surface area contributed by atoms with Crippen LogP contribution >= 0.6 is 11.3 Å². The third-order valence-electron chi connectivity index (χ3n) is 6.01. The van der Waals surface area contributed by atoms with Gasteiger partial charge in [-0.25, -0.2) is 4.52 Å². The standard InChI is InChI=1S/C19H22N4S/c1-13-6-7-16-23(13)21-18(24-16)22-10-8-19(9-11-22)12-14-4-2-3-5-15(14)17(19)20/h2-7,17H,8-12,20H2,1H3/t17-/m1/s1. The molecule has 3 aromatic rings. The molecule has 2 N–H and O–H groups in total. The molecule has 0 unspecified atom stereocenters. The number of fused-ring (bicyclic) bond motifs is 2. The second-order valence-corrected chi connectivity index (χ2v) is 8.30. The first-order valence-corrected chi connectivity index (χ1v) is 9.51. The van der Waals surface area contributed by atoms with Crippen molar-refractivity contribution in [2.45, 2.75) is 32.2 Å². The summed E-state index contributed by atoms with van der Waals surface area (Å²) in [4.78, 5) is 3.67. The number of hydrogen-bond acceptors (Lipinski definition) is 4. The predicted octanol–water partition coefficient (Wildman–Crippen LogP) is 3.55. The average molecular weight is 338 g/mol. The van der Waals surface area contributed by atoms with Gasteiger partial charge in [-0.05, 0) is 54.9 Å². The Hall–Kier alpha value is -1.85. The minimum atomic E-state index is 0.185. The highest BCUT2D eigenvalue weighted by Gasteiger charge is 2.46. The minimum Gasteiger partial charge on any atom is -0.347 e. The van der Waals surface area contributed by atoms with Crippen molar-refractivity contribution in [3.63, 3.8) is 0 Å². The topological polar surface area (TPSA) is 46.6 Å². The van der Waals surface area contributed by atoms with Gasteiger partial charge >= 0.3 is 0 Å². The lowest BCUT2D eigenvalue weighted by Crippen LogP contribution is -2.44. The highest BCUT2D eigenvalue weighted by atomic mass is 32.1. The van der Waals surface area contributed by atoms with Gasteiger partial charge in [-0.15, -0.1) is 5.10 Å². The number of nitrogens with zero attached hydrogens (tertiary/aromatic N) is 3. The van der Waals surface area contributed by atoms with E-state index in [1.807, 2.05) is 0 Å². The van der Waals surface area contributed by atoms with Gasteiger partial charge in [0.15, 0.2) is 0 Å². The molecule has 0 radical (unpaired) electrons. The van der Waals surface area contributed by atoms with Crippen molar-refractivity contribution in [2.24, 2.45) is 11.1 Å². The molecule has 1 saturated heterocycles. The summed E-state index contributed by atoms with van der Waals surface area (Å²) in [6.07, 6.45) is 3.43. The van der Waals surface area contributed by atoms with Crippen LogP contribution in [0.3, 0.4) is 0 Å². The molecule has 1 fully saturated rings. The first kappa shape index (κ1) is 14.5. The summed E-state index contributed by atoms with van der Waals surface area (Å²) in [5.41, 5.74) is 10.9. The molecule has 4 nitrogen and oxygen atoms in total. The smallest absolute Gasteiger partial charge is 0.206 e. The van der Waals surface area contributed by atoms with Gasteiger partial charge in [-0.2, -0.15) is 0 Å². The molecule has 1 aliphatic carbocycles. The predicted molar refractivity (Wildman–Crippen MR) is 98.8 cm³/mol. The summed E-state index contributed by atoms with van der Waals surface area (Å²) in [7, 11) is 0. The van der Waals surface area contributed by atoms with E-state index in [9.17, 15) is 0 Å². The number of piperidine rings is 1. The van der Waals surface area contributed by atoms with Crippen LogP contribution in [0.25, 0.3) is 4.83 Å². The van der Waals surface area contributed by atoms with Gasteiger partial charge in [0.1, 0.15) is 4.83 Å². The van der Waals surface area contributed by atoms with Crippen molar-refractivity contribution in [1.29, 1.82) is 0 Å². The molecule has 124 valence electrons. The van der Waals surface area contributed by atoms with E-state index < -0.39 is 0 Å². The van der Waals surface area contributed by atoms with E-state index in [2.05, 4.69) is 52.7 Å². The summed E-state index contributed by atoms with van der Waals surface area (Å²) in [6, 6.07) is 13.2. The molecule has 1 aliphatic heterocycles. The van der Waals surface area contributed by atoms with E-state index in [0.717, 1.165) is 37.5 Å². The van der Waals surface area contributed by atoms with E-state index in [-0.39, 0.29) is 11.5 Å². The van der Waals surface area contributed by atoms with Crippen LogP contribution in [0.5, 0.6) is 0 Å². The van der Waals surface area contributed by atoms with Crippen molar-refractivity contribution < 1.29 is 0 Å². The Morgan fingerprint density at radius 3 is 2.71 bits per heavy atom. The van der Waals surface area contributed by atoms with Crippen LogP contribution < -0.4 is 10.6 Å². The molecule has 5 rings (SSSR count). The minimum absolute atomic E-state index is 0.185. The van der Waals surface area contributed by atoms with Crippen molar-refractivity contribution in [2.75, 3.05) is 18.0 Å². The second kappa shape index (κ2) is 5.07. The normalized spacial score (nSPS) is 22.4. The van der Waals surface area contributed by atoms with Crippen LogP contribution in [0.2, 0.25) is 0 Å². The lowest BCUT2D eigenvalue weighted by molar-refractivity contribution is 0.187. The summed E-state index contributed by atoms with van der Waals surface area (Å²) < 4.78 is 2.06. The van der Waals surface area contributed by atoms with Crippen molar-refractivity contribution in [1.82, 2.24) is 9.61 Å². The number of aromatic nitrogens is 2. The van der Waals surface area contributed by atoms with Crippen LogP contribution in [0, 0.1) is 12.3 Å². The van der Waals surface area contributed by atoms with Crippen LogP contribution in [0.4, 0.5) is 5.13 Å². The van der Waals surface area contributed by atoms with Gasteiger partial charge in [0, 0.05) is 24.8 Å². The van der Waals surface area contributed by atoms with Gasteiger partial charge in [0.2, 0.25) is 5.13 Å². The van der Waals surface area contributed by atoms with Crippen LogP contribution in [0.15, 0.2) is 36.4 Å². The zero-order valence-electron chi connectivity index (χ0n) is 13.9. The molecule has 5 heteroatoms.